The number of ether oxygens (including phenoxy) is 1. The number of nitrogens with zero attached hydrogens (tertiary/aromatic N) is 3. The molecule has 0 radical (unpaired) electrons. The second-order valence-corrected chi connectivity index (χ2v) is 3.74. The van der Waals surface area contributed by atoms with Gasteiger partial charge in [-0.05, 0) is 29.6 Å². The van der Waals surface area contributed by atoms with E-state index < -0.39 is 0 Å². The fraction of sp³-hybridized carbons (Fsp3) is 0.250. The Bertz CT molecular complexity index is 533. The predicted molar refractivity (Wildman–Crippen MR) is 68.2 cm³/mol. The molecule has 6 nitrogen and oxygen atoms in total. The number of carbonyl (C=O) groups is 1. The van der Waals surface area contributed by atoms with Crippen molar-refractivity contribution in [2.24, 2.45) is 5.11 Å². The Labute approximate surface area is 104 Å². The molecular formula is C12H12N4O2. The number of hydrogen-bond donors (Lipinski definition) is 1. The Morgan fingerprint density at radius 2 is 2.44 bits per heavy atom. The van der Waals surface area contributed by atoms with Gasteiger partial charge in [0.15, 0.2) is 6.61 Å². The number of benzene rings is 1. The van der Waals surface area contributed by atoms with Gasteiger partial charge in [-0.15, -0.1) is 0 Å². The summed E-state index contributed by atoms with van der Waals surface area (Å²) in [5.74, 6) is 0.535. The van der Waals surface area contributed by atoms with E-state index in [1.165, 1.54) is 0 Å². The SMILES string of the molecule is [N-]=[N+]=NCCC=Cc1ccc2c(c1)NC(=O)CO2. The van der Waals surface area contributed by atoms with Gasteiger partial charge >= 0.3 is 0 Å². The quantitative estimate of drug-likeness (QED) is 0.382. The van der Waals surface area contributed by atoms with Crippen molar-refractivity contribution in [3.63, 3.8) is 0 Å². The van der Waals surface area contributed by atoms with Crippen molar-refractivity contribution in [1.82, 2.24) is 0 Å². The van der Waals surface area contributed by atoms with E-state index in [1.54, 1.807) is 0 Å². The summed E-state index contributed by atoms with van der Waals surface area (Å²) in [5.41, 5.74) is 9.76. The van der Waals surface area contributed by atoms with Gasteiger partial charge < -0.3 is 10.1 Å². The fourth-order valence-electron chi connectivity index (χ4n) is 1.60. The largest absolute Gasteiger partial charge is 0.482 e. The summed E-state index contributed by atoms with van der Waals surface area (Å²) < 4.78 is 5.26. The summed E-state index contributed by atoms with van der Waals surface area (Å²) in [6, 6.07) is 5.57. The van der Waals surface area contributed by atoms with E-state index in [2.05, 4.69) is 15.3 Å². The molecule has 1 aromatic carbocycles. The minimum absolute atomic E-state index is 0.0638. The molecule has 0 saturated heterocycles. The minimum atomic E-state index is -0.146. The lowest BCUT2D eigenvalue weighted by atomic mass is 10.1. The summed E-state index contributed by atoms with van der Waals surface area (Å²) in [6.07, 6.45) is 4.51. The molecule has 0 unspecified atom stereocenters. The lowest BCUT2D eigenvalue weighted by molar-refractivity contribution is -0.118. The topological polar surface area (TPSA) is 87.1 Å². The number of nitrogens with one attached hydrogen (secondary N) is 1. The first-order chi connectivity index (χ1) is 8.79. The third-order valence-electron chi connectivity index (χ3n) is 2.41. The lowest BCUT2D eigenvalue weighted by Gasteiger charge is -2.17. The molecule has 92 valence electrons. The van der Waals surface area contributed by atoms with Crippen molar-refractivity contribution in [3.8, 4) is 5.75 Å². The summed E-state index contributed by atoms with van der Waals surface area (Å²) in [4.78, 5) is 13.8. The van der Waals surface area contributed by atoms with Crippen LogP contribution < -0.4 is 10.1 Å². The van der Waals surface area contributed by atoms with Crippen LogP contribution in [0.25, 0.3) is 16.5 Å². The normalized spacial score (nSPS) is 13.4. The highest BCUT2D eigenvalue weighted by Gasteiger charge is 2.15. The van der Waals surface area contributed by atoms with E-state index in [9.17, 15) is 4.79 Å². The van der Waals surface area contributed by atoms with Gasteiger partial charge in [0.25, 0.3) is 5.91 Å². The van der Waals surface area contributed by atoms with Crippen molar-refractivity contribution < 1.29 is 9.53 Å². The Balaban J connectivity index is 2.04. The van der Waals surface area contributed by atoms with Crippen LogP contribution in [-0.2, 0) is 4.79 Å². The number of rotatable bonds is 4. The maximum absolute atomic E-state index is 11.2. The second-order valence-electron chi connectivity index (χ2n) is 3.74. The zero-order chi connectivity index (χ0) is 12.8. The van der Waals surface area contributed by atoms with Gasteiger partial charge in [-0.25, -0.2) is 0 Å². The Morgan fingerprint density at radius 3 is 3.28 bits per heavy atom. The molecule has 1 N–H and O–H groups in total. The first kappa shape index (κ1) is 12.0. The van der Waals surface area contributed by atoms with Crippen molar-refractivity contribution >= 4 is 17.7 Å². The zero-order valence-electron chi connectivity index (χ0n) is 9.67. The molecule has 0 saturated carbocycles. The molecule has 0 aromatic heterocycles. The number of azide groups is 1. The molecule has 1 amide bonds. The average molecular weight is 244 g/mol. The molecule has 0 spiro atoms. The van der Waals surface area contributed by atoms with Crippen molar-refractivity contribution in [3.05, 3.63) is 40.3 Å². The van der Waals surface area contributed by atoms with Gasteiger partial charge in [-0.3, -0.25) is 4.79 Å². The Morgan fingerprint density at radius 1 is 1.56 bits per heavy atom. The van der Waals surface area contributed by atoms with E-state index in [4.69, 9.17) is 10.3 Å². The van der Waals surface area contributed by atoms with Crippen LogP contribution in [0.15, 0.2) is 29.4 Å². The van der Waals surface area contributed by atoms with Crippen LogP contribution >= 0.6 is 0 Å². The summed E-state index contributed by atoms with van der Waals surface area (Å²) in [5, 5.41) is 6.18. The van der Waals surface area contributed by atoms with E-state index in [-0.39, 0.29) is 12.5 Å². The van der Waals surface area contributed by atoms with Crippen LogP contribution in [0.1, 0.15) is 12.0 Å². The molecular weight excluding hydrogens is 232 g/mol. The maximum Gasteiger partial charge on any atom is 0.262 e. The standard InChI is InChI=1S/C12H12N4O2/c13-16-14-6-2-1-3-9-4-5-11-10(7-9)15-12(17)8-18-11/h1,3-5,7H,2,6,8H2,(H,15,17). The van der Waals surface area contributed by atoms with E-state index in [0.29, 0.717) is 24.4 Å². The number of amides is 1. The van der Waals surface area contributed by atoms with Crippen LogP contribution in [0.4, 0.5) is 5.69 Å². The summed E-state index contributed by atoms with van der Waals surface area (Å²) in [7, 11) is 0. The Hall–Kier alpha value is -2.46. The highest BCUT2D eigenvalue weighted by Crippen LogP contribution is 2.28. The Kier molecular flexibility index (Phi) is 3.83. The van der Waals surface area contributed by atoms with Crippen molar-refractivity contribution in [1.29, 1.82) is 0 Å². The first-order valence-corrected chi connectivity index (χ1v) is 5.53. The van der Waals surface area contributed by atoms with E-state index in [1.807, 2.05) is 30.4 Å². The second kappa shape index (κ2) is 5.75. The van der Waals surface area contributed by atoms with Gasteiger partial charge in [0.2, 0.25) is 0 Å². The zero-order valence-corrected chi connectivity index (χ0v) is 9.67. The number of carbonyl (C=O) groups excluding carboxylic acids is 1. The highest BCUT2D eigenvalue weighted by molar-refractivity contribution is 5.95. The highest BCUT2D eigenvalue weighted by atomic mass is 16.5. The average Bonchev–Trinajstić information content (AvgIpc) is 2.38. The van der Waals surface area contributed by atoms with Crippen LogP contribution in [-0.4, -0.2) is 19.1 Å². The maximum atomic E-state index is 11.2. The fourth-order valence-corrected chi connectivity index (χ4v) is 1.60. The van der Waals surface area contributed by atoms with Crippen LogP contribution in [0, 0.1) is 0 Å². The van der Waals surface area contributed by atoms with Gasteiger partial charge in [0.05, 0.1) is 5.69 Å². The molecule has 1 aliphatic heterocycles. The van der Waals surface area contributed by atoms with Crippen molar-refractivity contribution in [2.45, 2.75) is 6.42 Å². The smallest absolute Gasteiger partial charge is 0.262 e. The van der Waals surface area contributed by atoms with Gasteiger partial charge in [-0.2, -0.15) is 0 Å². The number of hydrogen-bond acceptors (Lipinski definition) is 3. The van der Waals surface area contributed by atoms with Crippen LogP contribution in [0.5, 0.6) is 5.75 Å². The molecule has 1 aromatic rings. The third kappa shape index (κ3) is 3.02. The lowest BCUT2D eigenvalue weighted by Crippen LogP contribution is -2.25. The van der Waals surface area contributed by atoms with Crippen LogP contribution in [0.2, 0.25) is 0 Å². The van der Waals surface area contributed by atoms with Gasteiger partial charge in [-0.1, -0.05) is 23.3 Å². The van der Waals surface area contributed by atoms with Gasteiger partial charge in [0.1, 0.15) is 5.75 Å². The molecule has 0 bridgehead atoms. The van der Waals surface area contributed by atoms with Crippen LogP contribution in [0.3, 0.4) is 0 Å². The van der Waals surface area contributed by atoms with Gasteiger partial charge in [0, 0.05) is 11.5 Å². The molecule has 0 aliphatic carbocycles. The number of anilines is 1. The third-order valence-corrected chi connectivity index (χ3v) is 2.41. The van der Waals surface area contributed by atoms with E-state index >= 15 is 0 Å². The molecule has 6 heteroatoms. The number of fused-ring (bicyclic) bond motifs is 1. The molecule has 0 fully saturated rings. The summed E-state index contributed by atoms with van der Waals surface area (Å²) >= 11 is 0. The molecule has 1 heterocycles. The van der Waals surface area contributed by atoms with Crippen molar-refractivity contribution in [2.75, 3.05) is 18.5 Å². The monoisotopic (exact) mass is 244 g/mol. The molecule has 0 atom stereocenters. The summed E-state index contributed by atoms with van der Waals surface area (Å²) in [6.45, 7) is 0.506. The minimum Gasteiger partial charge on any atom is -0.482 e. The molecule has 18 heavy (non-hydrogen) atoms. The molecule has 1 aliphatic rings. The van der Waals surface area contributed by atoms with E-state index in [0.717, 1.165) is 5.56 Å². The first-order valence-electron chi connectivity index (χ1n) is 5.53. The predicted octanol–water partition coefficient (Wildman–Crippen LogP) is 2.73. The molecule has 2 rings (SSSR count).